The number of aromatic nitrogens is 3. The zero-order valence-electron chi connectivity index (χ0n) is 59.7. The molecule has 0 bridgehead atoms. The van der Waals surface area contributed by atoms with Gasteiger partial charge in [-0.05, 0) is 127 Å². The van der Waals surface area contributed by atoms with Gasteiger partial charge in [0.15, 0.2) is 8.07 Å². The zero-order chi connectivity index (χ0) is 68.1. The molecule has 82 heavy (non-hydrogen) atoms. The minimum atomic E-state index is -4.91. The van der Waals surface area contributed by atoms with Gasteiger partial charge < -0.3 is 13.7 Å². The minimum Gasteiger partial charge on any atom is -0.309 e. The lowest BCUT2D eigenvalue weighted by Crippen LogP contribution is -2.74. The zero-order valence-corrected chi connectivity index (χ0v) is 44.7. The molecule has 0 atom stereocenters. The average Bonchev–Trinajstić information content (AvgIpc) is 0.782. The van der Waals surface area contributed by atoms with Gasteiger partial charge in [-0.2, -0.15) is 0 Å². The van der Waals surface area contributed by atoms with Crippen molar-refractivity contribution in [2.45, 2.75) is 0 Å². The summed E-state index contributed by atoms with van der Waals surface area (Å²) in [6.45, 7) is 0. The molecular weight excluding hydrogens is 1010 g/mol. The van der Waals surface area contributed by atoms with Crippen LogP contribution in [0.5, 0.6) is 0 Å². The lowest BCUT2D eigenvalue weighted by Gasteiger charge is -2.35. The van der Waals surface area contributed by atoms with Crippen molar-refractivity contribution in [2.75, 3.05) is 0 Å². The van der Waals surface area contributed by atoms with Crippen LogP contribution in [0.1, 0.15) is 21.9 Å². The van der Waals surface area contributed by atoms with Gasteiger partial charge in [0.1, 0.15) is 0 Å². The quantitative estimate of drug-likeness (QED) is 0.0958. The maximum absolute atomic E-state index is 11.0. The molecule has 3 aromatic heterocycles. The number of rotatable bonds is 10. The smallest absolute Gasteiger partial charge is 0.179 e. The van der Waals surface area contributed by atoms with Crippen molar-refractivity contribution in [3.05, 3.63) is 321 Å². The molecule has 0 saturated carbocycles. The Morgan fingerprint density at radius 1 is 0.232 bits per heavy atom. The van der Waals surface area contributed by atoms with Crippen LogP contribution in [0.2, 0.25) is 0 Å². The van der Waals surface area contributed by atoms with E-state index in [9.17, 15) is 15.1 Å². The highest BCUT2D eigenvalue weighted by molar-refractivity contribution is 7.20. The van der Waals surface area contributed by atoms with Crippen LogP contribution in [0.3, 0.4) is 0 Å². The third kappa shape index (κ3) is 7.57. The largest absolute Gasteiger partial charge is 0.309 e. The molecule has 0 N–H and O–H groups in total. The van der Waals surface area contributed by atoms with Crippen molar-refractivity contribution in [3.63, 3.8) is 0 Å². The van der Waals surface area contributed by atoms with Gasteiger partial charge >= 0.3 is 0 Å². The number of benzene rings is 13. The molecule has 384 valence electrons. The third-order valence-electron chi connectivity index (χ3n) is 15.9. The second-order valence-electron chi connectivity index (χ2n) is 20.3. The summed E-state index contributed by atoms with van der Waals surface area (Å²) in [5.41, 5.74) is 5.37. The fourth-order valence-electron chi connectivity index (χ4n) is 12.3. The first kappa shape index (κ1) is 33.8. The van der Waals surface area contributed by atoms with Crippen LogP contribution in [-0.2, 0) is 0 Å². The highest BCUT2D eigenvalue weighted by Crippen LogP contribution is 2.41. The van der Waals surface area contributed by atoms with Crippen molar-refractivity contribution in [3.8, 4) is 50.4 Å². The molecule has 0 amide bonds. The molecule has 3 nitrogen and oxygen atoms in total. The number of fused-ring (bicyclic) bond motifs is 9. The van der Waals surface area contributed by atoms with Crippen molar-refractivity contribution < 1.29 is 21.9 Å². The van der Waals surface area contributed by atoms with Crippen LogP contribution in [0.25, 0.3) is 116 Å². The monoisotopic (exact) mass is 1080 g/mol. The van der Waals surface area contributed by atoms with Gasteiger partial charge in [-0.3, -0.25) is 0 Å². The van der Waals surface area contributed by atoms with Crippen LogP contribution in [0.15, 0.2) is 321 Å². The lowest BCUT2D eigenvalue weighted by molar-refractivity contribution is 1.13. The highest BCUT2D eigenvalue weighted by Gasteiger charge is 2.41. The lowest BCUT2D eigenvalue weighted by atomic mass is 10.0. The van der Waals surface area contributed by atoms with E-state index in [4.69, 9.17) is 6.85 Å². The van der Waals surface area contributed by atoms with Gasteiger partial charge in [0.25, 0.3) is 0 Å². The standard InChI is InChI=1S/C78H53N3Si/c1-5-22-54(23-6-1)56-40-44-65(45-41-56)82(63-27-9-3-10-28-63,64-29-11-4-12-30-64)66-31-21-26-57(50-66)59-48-61(80-73-36-17-13-32-67(73)68-33-14-18-37-74(68)80)52-62(49-59)81-76-39-20-16-35-70(76)72-53-60(43-47-78(72)81)79-75-38-19-15-34-69(75)71-51-58(42-46-77(71)79)55-24-7-2-8-25-55/h1-53H/i1D,5D,6D,21D,22D,23D,26D,31D,40D,41D,44D,45D,48D,49D,50D,52D. The summed E-state index contributed by atoms with van der Waals surface area (Å²) in [7, 11) is -4.91. The van der Waals surface area contributed by atoms with Crippen LogP contribution in [0, 0.1) is 0 Å². The third-order valence-corrected chi connectivity index (χ3v) is 20.3. The van der Waals surface area contributed by atoms with Crippen LogP contribution < -0.4 is 20.7 Å². The van der Waals surface area contributed by atoms with Crippen molar-refractivity contribution in [1.82, 2.24) is 13.7 Å². The molecule has 0 spiro atoms. The molecule has 13 aromatic carbocycles. The minimum absolute atomic E-state index is 0.0228. The summed E-state index contributed by atoms with van der Waals surface area (Å²) in [5, 5.41) is 5.28. The van der Waals surface area contributed by atoms with E-state index < -0.39 is 115 Å². The summed E-state index contributed by atoms with van der Waals surface area (Å²) < 4.78 is 163. The van der Waals surface area contributed by atoms with E-state index in [1.54, 1.807) is 65.2 Å². The normalized spacial score (nSPS) is 14.6. The average molecular weight is 1080 g/mol. The molecule has 0 aliphatic heterocycles. The molecule has 3 heterocycles. The molecule has 16 aromatic rings. The van der Waals surface area contributed by atoms with Crippen molar-refractivity contribution >= 4 is 94.2 Å². The predicted molar refractivity (Wildman–Crippen MR) is 349 cm³/mol. The second kappa shape index (κ2) is 19.4. The van der Waals surface area contributed by atoms with Gasteiger partial charge in [0, 0.05) is 49.4 Å². The predicted octanol–water partition coefficient (Wildman–Crippen LogP) is 17.4. The molecular formula is C78H53N3Si. The number of nitrogens with zero attached hydrogens (tertiary/aromatic N) is 3. The fraction of sp³-hybridized carbons (Fsp3) is 0. The Hall–Kier alpha value is -10.5. The SMILES string of the molecule is [2H]c1c([2H])c([2H])c(-c2c([2H])c([2H])c([Si](c3ccccc3)(c3ccccc3)c3c([2H])c([2H])c([2H])c(-c4c([2H])c(-n5c6ccccc6c6ccccc65)c([2H])c(-n5c6ccccc6c6cc(-n7c8ccccc8c8cc(-c9ccccc9)ccc87)ccc65)c4[2H])c3[2H])c([2H])c2[2H])c([2H])c1[2H]. The summed E-state index contributed by atoms with van der Waals surface area (Å²) in [4.78, 5) is 0. The van der Waals surface area contributed by atoms with Crippen LogP contribution in [-0.4, -0.2) is 21.8 Å². The first-order chi connectivity index (χ1) is 47.4. The number of hydrogen-bond acceptors (Lipinski definition) is 0. The van der Waals surface area contributed by atoms with Crippen molar-refractivity contribution in [1.29, 1.82) is 0 Å². The van der Waals surface area contributed by atoms with E-state index in [1.807, 2.05) is 120 Å². The van der Waals surface area contributed by atoms with E-state index in [1.165, 1.54) is 0 Å². The molecule has 0 aliphatic carbocycles. The summed E-state index contributed by atoms with van der Waals surface area (Å²) in [6.07, 6.45) is 0. The van der Waals surface area contributed by atoms with E-state index in [-0.39, 0.29) is 33.4 Å². The van der Waals surface area contributed by atoms with Crippen LogP contribution in [0.4, 0.5) is 0 Å². The topological polar surface area (TPSA) is 14.8 Å². The van der Waals surface area contributed by atoms with Gasteiger partial charge in [-0.25, -0.2) is 0 Å². The summed E-state index contributed by atoms with van der Waals surface area (Å²) in [5.74, 6) is 0. The Balaban J connectivity index is 1.02. The molecule has 0 fully saturated rings. The van der Waals surface area contributed by atoms with E-state index in [0.29, 0.717) is 32.4 Å². The Labute approximate surface area is 499 Å². The Bertz CT molecular complexity index is 5940. The van der Waals surface area contributed by atoms with E-state index >= 15 is 0 Å². The van der Waals surface area contributed by atoms with Gasteiger partial charge in [0.05, 0.1) is 55.0 Å². The first-order valence-corrected chi connectivity index (χ1v) is 29.0. The van der Waals surface area contributed by atoms with Gasteiger partial charge in [-0.1, -0.05) is 248 Å². The summed E-state index contributed by atoms with van der Waals surface area (Å²) >= 11 is 0. The first-order valence-electron chi connectivity index (χ1n) is 35.0. The maximum Gasteiger partial charge on any atom is 0.179 e. The van der Waals surface area contributed by atoms with E-state index in [2.05, 4.69) is 53.1 Å². The second-order valence-corrected chi connectivity index (χ2v) is 24.0. The molecule has 0 radical (unpaired) electrons. The maximum atomic E-state index is 11.0. The highest BCUT2D eigenvalue weighted by atomic mass is 28.3. The van der Waals surface area contributed by atoms with Gasteiger partial charge in [-0.15, -0.1) is 0 Å². The van der Waals surface area contributed by atoms with Crippen LogP contribution >= 0.6 is 0 Å². The Morgan fingerprint density at radius 3 is 1.23 bits per heavy atom. The Kier molecular flexibility index (Phi) is 7.99. The molecule has 0 unspecified atom stereocenters. The van der Waals surface area contributed by atoms with Crippen molar-refractivity contribution in [2.24, 2.45) is 0 Å². The molecule has 0 saturated heterocycles. The molecule has 16 rings (SSSR count). The molecule has 4 heteroatoms. The fourth-order valence-corrected chi connectivity index (χ4v) is 16.4. The van der Waals surface area contributed by atoms with E-state index in [0.717, 1.165) is 60.2 Å². The molecule has 0 aliphatic rings. The number of para-hydroxylation sites is 4. The number of hydrogen-bond donors (Lipinski definition) is 0. The Morgan fingerprint density at radius 2 is 0.671 bits per heavy atom. The van der Waals surface area contributed by atoms with Gasteiger partial charge in [0.2, 0.25) is 0 Å². The summed E-state index contributed by atoms with van der Waals surface area (Å²) in [6, 6.07) is 60.2.